The van der Waals surface area contributed by atoms with E-state index < -0.39 is 17.4 Å². The van der Waals surface area contributed by atoms with E-state index in [2.05, 4.69) is 16.2 Å². The number of benzene rings is 1. The topological polar surface area (TPSA) is 88.7 Å². The van der Waals surface area contributed by atoms with Gasteiger partial charge in [0.1, 0.15) is 17.4 Å². The number of H-pyrrole nitrogens is 1. The van der Waals surface area contributed by atoms with E-state index in [0.717, 1.165) is 16.5 Å². The van der Waals surface area contributed by atoms with Crippen molar-refractivity contribution in [2.24, 2.45) is 0 Å². The lowest BCUT2D eigenvalue weighted by Crippen LogP contribution is -2.53. The average Bonchev–Trinajstić information content (AvgIpc) is 3.24. The zero-order valence-corrected chi connectivity index (χ0v) is 20.1. The Hall–Kier alpha value is -3.28. The summed E-state index contributed by atoms with van der Waals surface area (Å²) < 4.78 is 14.2. The predicted molar refractivity (Wildman–Crippen MR) is 131 cm³/mol. The molecule has 3 aliphatic rings. The van der Waals surface area contributed by atoms with E-state index in [4.69, 9.17) is 18.0 Å². The average molecular weight is 497 g/mol. The number of aliphatic hydroxyl groups is 1. The highest BCUT2D eigenvalue weighted by molar-refractivity contribution is 6.31. The van der Waals surface area contributed by atoms with E-state index in [1.807, 2.05) is 6.08 Å². The number of nitrogens with one attached hydrogen (secondary N) is 2. The molecule has 2 aliphatic heterocycles. The highest BCUT2D eigenvalue weighted by Gasteiger charge is 2.60. The normalized spacial score (nSPS) is 23.8. The van der Waals surface area contributed by atoms with Gasteiger partial charge in [0.05, 0.1) is 17.3 Å². The summed E-state index contributed by atoms with van der Waals surface area (Å²) in [6, 6.07) is 1.88. The van der Waals surface area contributed by atoms with Crippen molar-refractivity contribution in [1.29, 1.82) is 0 Å². The lowest BCUT2D eigenvalue weighted by atomic mass is 9.80. The van der Waals surface area contributed by atoms with Crippen molar-refractivity contribution in [3.05, 3.63) is 57.7 Å². The molecule has 7 nitrogen and oxygen atoms in total. The van der Waals surface area contributed by atoms with Crippen molar-refractivity contribution in [2.45, 2.75) is 44.2 Å². The minimum absolute atomic E-state index is 0.00669. The molecule has 2 aromatic rings. The fourth-order valence-corrected chi connectivity index (χ4v) is 5.64. The highest BCUT2D eigenvalue weighted by atomic mass is 35.5. The summed E-state index contributed by atoms with van der Waals surface area (Å²) in [7, 11) is 0. The summed E-state index contributed by atoms with van der Waals surface area (Å²) in [5, 5.41) is 14.1. The molecule has 1 aliphatic carbocycles. The first-order valence-corrected chi connectivity index (χ1v) is 12.0. The maximum atomic E-state index is 14.2. The quantitative estimate of drug-likeness (QED) is 0.315. The monoisotopic (exact) mass is 496 g/mol. The van der Waals surface area contributed by atoms with Gasteiger partial charge in [0.2, 0.25) is 0 Å². The number of aromatic amines is 1. The molecule has 0 bridgehead atoms. The maximum absolute atomic E-state index is 14.2. The van der Waals surface area contributed by atoms with Gasteiger partial charge in [-0.3, -0.25) is 14.6 Å². The number of carbonyl (C=O) groups is 2. The number of terminal acetylenes is 1. The third kappa shape index (κ3) is 3.70. The molecule has 2 atom stereocenters. The van der Waals surface area contributed by atoms with Crippen LogP contribution in [0.15, 0.2) is 35.6 Å². The Morgan fingerprint density at radius 2 is 2.20 bits per heavy atom. The number of imide groups is 1. The number of aromatic nitrogens is 1. The number of nitrogens with zero attached hydrogens (tertiary/aromatic N) is 2. The smallest absolute Gasteiger partial charge is 0.328 e. The van der Waals surface area contributed by atoms with Crippen LogP contribution in [-0.2, 0) is 11.2 Å². The fourth-order valence-electron chi connectivity index (χ4n) is 5.48. The molecule has 9 heteroatoms. The Morgan fingerprint density at radius 3 is 2.94 bits per heavy atom. The van der Waals surface area contributed by atoms with E-state index in [1.165, 1.54) is 11.0 Å². The Labute approximate surface area is 207 Å². The Balaban J connectivity index is 1.60. The molecule has 0 spiro atoms. The molecule has 3 N–H and O–H groups in total. The SMILES string of the molecule is C#CCNCCCN1C(=O)N2[C@H](C3=CCCC(O)=C3)c3[nH]c4cc(F)c(Cl)cc4c3C[C@@]2(C)C1=O. The van der Waals surface area contributed by atoms with Crippen LogP contribution in [-0.4, -0.2) is 57.0 Å². The molecule has 0 radical (unpaired) electrons. The largest absolute Gasteiger partial charge is 0.512 e. The molecule has 35 heavy (non-hydrogen) atoms. The van der Waals surface area contributed by atoms with E-state index in [9.17, 15) is 19.1 Å². The second kappa shape index (κ2) is 8.74. The first kappa shape index (κ1) is 23.5. The molecule has 0 saturated carbocycles. The lowest BCUT2D eigenvalue weighted by molar-refractivity contribution is -0.133. The van der Waals surface area contributed by atoms with Crippen molar-refractivity contribution in [3.63, 3.8) is 0 Å². The molecule has 1 saturated heterocycles. The number of allylic oxidation sites excluding steroid dienone is 2. The predicted octanol–water partition coefficient (Wildman–Crippen LogP) is 4.36. The molecule has 0 unspecified atom stereocenters. The van der Waals surface area contributed by atoms with Gasteiger partial charge >= 0.3 is 6.03 Å². The summed E-state index contributed by atoms with van der Waals surface area (Å²) in [4.78, 5) is 33.6. The van der Waals surface area contributed by atoms with Gasteiger partial charge in [-0.05, 0) is 55.7 Å². The van der Waals surface area contributed by atoms with Crippen molar-refractivity contribution in [1.82, 2.24) is 20.1 Å². The summed E-state index contributed by atoms with van der Waals surface area (Å²) in [5.41, 5.74) is 1.66. The molecule has 182 valence electrons. The van der Waals surface area contributed by atoms with Gasteiger partial charge in [0.25, 0.3) is 5.91 Å². The number of hydrogen-bond donors (Lipinski definition) is 3. The summed E-state index contributed by atoms with van der Waals surface area (Å²) >= 11 is 6.10. The molecule has 1 fully saturated rings. The van der Waals surface area contributed by atoms with Crippen LogP contribution in [0.3, 0.4) is 0 Å². The molecule has 3 heterocycles. The third-order valence-corrected chi connectivity index (χ3v) is 7.39. The third-order valence-electron chi connectivity index (χ3n) is 7.10. The first-order chi connectivity index (χ1) is 16.8. The van der Waals surface area contributed by atoms with Crippen LogP contribution in [0, 0.1) is 18.2 Å². The Bertz CT molecular complexity index is 1340. The molecule has 5 rings (SSSR count). The van der Waals surface area contributed by atoms with Crippen LogP contribution < -0.4 is 5.32 Å². The van der Waals surface area contributed by atoms with Crippen LogP contribution in [0.4, 0.5) is 9.18 Å². The van der Waals surface area contributed by atoms with E-state index in [0.29, 0.717) is 43.6 Å². The van der Waals surface area contributed by atoms with E-state index >= 15 is 0 Å². The number of fused-ring (bicyclic) bond motifs is 4. The van der Waals surface area contributed by atoms with Gasteiger partial charge in [0.15, 0.2) is 0 Å². The first-order valence-electron chi connectivity index (χ1n) is 11.6. The van der Waals surface area contributed by atoms with E-state index in [-0.39, 0.29) is 35.7 Å². The van der Waals surface area contributed by atoms with Crippen LogP contribution in [0.2, 0.25) is 5.02 Å². The van der Waals surface area contributed by atoms with Gasteiger partial charge in [-0.2, -0.15) is 0 Å². The van der Waals surface area contributed by atoms with Crippen molar-refractivity contribution < 1.29 is 19.1 Å². The summed E-state index contributed by atoms with van der Waals surface area (Å²) in [6.07, 6.45) is 10.9. The number of rotatable bonds is 6. The molecular weight excluding hydrogens is 471 g/mol. The molecule has 3 amide bonds. The summed E-state index contributed by atoms with van der Waals surface area (Å²) in [6.45, 7) is 3.04. The van der Waals surface area contributed by atoms with E-state index in [1.54, 1.807) is 24.0 Å². The second-order valence-corrected chi connectivity index (χ2v) is 9.81. The van der Waals surface area contributed by atoms with Crippen molar-refractivity contribution >= 4 is 34.4 Å². The number of hydrogen-bond acceptors (Lipinski definition) is 4. The highest BCUT2D eigenvalue weighted by Crippen LogP contribution is 2.50. The van der Waals surface area contributed by atoms with Crippen LogP contribution in [0.1, 0.15) is 43.5 Å². The number of carbonyl (C=O) groups excluding carboxylic acids is 2. The zero-order chi connectivity index (χ0) is 24.9. The van der Waals surface area contributed by atoms with Gasteiger partial charge in [-0.15, -0.1) is 6.42 Å². The summed E-state index contributed by atoms with van der Waals surface area (Å²) in [5.74, 6) is 1.89. The van der Waals surface area contributed by atoms with Gasteiger partial charge < -0.3 is 15.4 Å². The lowest BCUT2D eigenvalue weighted by Gasteiger charge is -2.43. The number of amides is 3. The van der Waals surface area contributed by atoms with Crippen LogP contribution in [0.5, 0.6) is 0 Å². The maximum Gasteiger partial charge on any atom is 0.328 e. The molecule has 1 aromatic heterocycles. The Morgan fingerprint density at radius 1 is 1.40 bits per heavy atom. The molecule has 1 aromatic carbocycles. The van der Waals surface area contributed by atoms with Crippen molar-refractivity contribution in [2.75, 3.05) is 19.6 Å². The fraction of sp³-hybridized carbons (Fsp3) is 0.385. The van der Waals surface area contributed by atoms with Crippen LogP contribution >= 0.6 is 11.6 Å². The second-order valence-electron chi connectivity index (χ2n) is 9.40. The number of halogens is 2. The van der Waals surface area contributed by atoms with Crippen molar-refractivity contribution in [3.8, 4) is 12.3 Å². The van der Waals surface area contributed by atoms with Gasteiger partial charge in [0, 0.05) is 36.0 Å². The van der Waals surface area contributed by atoms with Gasteiger partial charge in [-0.1, -0.05) is 23.6 Å². The standard InChI is InChI=1S/C26H26ClFN4O3/c1-3-8-29-9-5-10-31-24(34)26(2)14-18-17-12-19(27)20(28)13-21(17)30-22(18)23(32(26)25(31)35)15-6-4-7-16(33)11-15/h1,6,11-13,23,29-30,33H,4-5,7-10,14H2,2H3/t23-,26+/m1/s1. The number of urea groups is 1. The minimum Gasteiger partial charge on any atom is -0.512 e. The Kier molecular flexibility index (Phi) is 5.86. The zero-order valence-electron chi connectivity index (χ0n) is 19.3. The van der Waals surface area contributed by atoms with Crippen LogP contribution in [0.25, 0.3) is 10.9 Å². The molecular formula is C26H26ClFN4O3. The minimum atomic E-state index is -1.14. The number of aliphatic hydroxyl groups excluding tert-OH is 1. The van der Waals surface area contributed by atoms with Gasteiger partial charge in [-0.25, -0.2) is 9.18 Å².